The Labute approximate surface area is 132 Å². The fourth-order valence-electron chi connectivity index (χ4n) is 1.70. The third kappa shape index (κ3) is 4.33. The second-order valence-corrected chi connectivity index (χ2v) is 4.86. The molecule has 0 heterocycles. The fourth-order valence-corrected chi connectivity index (χ4v) is 1.82. The van der Waals surface area contributed by atoms with Gasteiger partial charge in [-0.05, 0) is 48.5 Å². The number of carbonyl (C=O) groups is 2. The van der Waals surface area contributed by atoms with Crippen LogP contribution in [-0.2, 0) is 4.79 Å². The Hall–Kier alpha value is -2.84. The highest BCUT2D eigenvalue weighted by atomic mass is 35.5. The minimum absolute atomic E-state index is 0.151. The van der Waals surface area contributed by atoms with E-state index < -0.39 is 0 Å². The summed E-state index contributed by atoms with van der Waals surface area (Å²) in [5.41, 5.74) is 1.49. The zero-order valence-corrected chi connectivity index (χ0v) is 12.2. The molecule has 0 aliphatic heterocycles. The Morgan fingerprint density at radius 2 is 1.68 bits per heavy atom. The van der Waals surface area contributed by atoms with Crippen molar-refractivity contribution < 1.29 is 9.59 Å². The first kappa shape index (κ1) is 15.5. The average molecular weight is 314 g/mol. The normalized spacial score (nSPS) is 9.64. The highest BCUT2D eigenvalue weighted by Gasteiger charge is 2.08. The van der Waals surface area contributed by atoms with Gasteiger partial charge in [-0.2, -0.15) is 5.26 Å². The van der Waals surface area contributed by atoms with Crippen LogP contribution >= 0.6 is 11.6 Å². The van der Waals surface area contributed by atoms with E-state index in [0.29, 0.717) is 21.8 Å². The molecule has 0 aliphatic rings. The van der Waals surface area contributed by atoms with Crippen LogP contribution < -0.4 is 10.6 Å². The average Bonchev–Trinajstić information content (AvgIpc) is 2.54. The van der Waals surface area contributed by atoms with Crippen molar-refractivity contribution in [3.63, 3.8) is 0 Å². The quantitative estimate of drug-likeness (QED) is 0.910. The number of hydrogen-bond donors (Lipinski definition) is 2. The molecule has 0 radical (unpaired) electrons. The summed E-state index contributed by atoms with van der Waals surface area (Å²) in [7, 11) is 0. The van der Waals surface area contributed by atoms with E-state index in [2.05, 4.69) is 10.6 Å². The third-order valence-corrected chi connectivity index (χ3v) is 3.07. The van der Waals surface area contributed by atoms with Gasteiger partial charge in [0.25, 0.3) is 5.91 Å². The van der Waals surface area contributed by atoms with Crippen LogP contribution in [0.2, 0.25) is 5.02 Å². The lowest BCUT2D eigenvalue weighted by Crippen LogP contribution is -2.32. The highest BCUT2D eigenvalue weighted by Crippen LogP contribution is 2.10. The molecular weight excluding hydrogens is 302 g/mol. The predicted octanol–water partition coefficient (Wildman–Crippen LogP) is 2.58. The van der Waals surface area contributed by atoms with Crippen molar-refractivity contribution in [2.24, 2.45) is 0 Å². The number of carbonyl (C=O) groups excluding carboxylic acids is 2. The van der Waals surface area contributed by atoms with Gasteiger partial charge >= 0.3 is 0 Å². The largest absolute Gasteiger partial charge is 0.343 e. The van der Waals surface area contributed by atoms with Crippen LogP contribution in [0, 0.1) is 11.3 Å². The maximum atomic E-state index is 11.8. The minimum atomic E-state index is -0.355. The summed E-state index contributed by atoms with van der Waals surface area (Å²) in [6.45, 7) is -0.151. The number of halogens is 1. The molecular formula is C16H12ClN3O2. The van der Waals surface area contributed by atoms with Crippen LogP contribution in [0.4, 0.5) is 5.69 Å². The van der Waals surface area contributed by atoms with Gasteiger partial charge in [-0.1, -0.05) is 11.6 Å². The molecule has 5 nitrogen and oxygen atoms in total. The zero-order chi connectivity index (χ0) is 15.9. The maximum absolute atomic E-state index is 11.8. The van der Waals surface area contributed by atoms with E-state index in [4.69, 9.17) is 16.9 Å². The second-order valence-electron chi connectivity index (χ2n) is 4.43. The molecule has 0 bridgehead atoms. The van der Waals surface area contributed by atoms with Gasteiger partial charge in [0, 0.05) is 16.3 Å². The van der Waals surface area contributed by atoms with E-state index in [9.17, 15) is 9.59 Å². The number of amides is 2. The Bertz CT molecular complexity index is 719. The van der Waals surface area contributed by atoms with Gasteiger partial charge in [0.2, 0.25) is 5.91 Å². The summed E-state index contributed by atoms with van der Waals surface area (Å²) < 4.78 is 0. The predicted molar refractivity (Wildman–Crippen MR) is 83.6 cm³/mol. The van der Waals surface area contributed by atoms with Crippen LogP contribution in [0.15, 0.2) is 48.5 Å². The van der Waals surface area contributed by atoms with Crippen molar-refractivity contribution in [3.8, 4) is 6.07 Å². The third-order valence-electron chi connectivity index (χ3n) is 2.81. The summed E-state index contributed by atoms with van der Waals surface area (Å²) in [5.74, 6) is -0.710. The summed E-state index contributed by atoms with van der Waals surface area (Å²) in [6.07, 6.45) is 0. The van der Waals surface area contributed by atoms with E-state index in [1.807, 2.05) is 6.07 Å². The number of nitrogens with one attached hydrogen (secondary N) is 2. The first-order valence-corrected chi connectivity index (χ1v) is 6.80. The Morgan fingerprint density at radius 3 is 2.27 bits per heavy atom. The van der Waals surface area contributed by atoms with Crippen molar-refractivity contribution in [1.82, 2.24) is 5.32 Å². The molecule has 0 saturated carbocycles. The molecule has 6 heteroatoms. The van der Waals surface area contributed by atoms with E-state index in [0.717, 1.165) is 0 Å². The molecule has 0 saturated heterocycles. The molecule has 110 valence electrons. The van der Waals surface area contributed by atoms with Crippen LogP contribution in [0.3, 0.4) is 0 Å². The summed E-state index contributed by atoms with van der Waals surface area (Å²) >= 11 is 5.74. The number of rotatable bonds is 4. The van der Waals surface area contributed by atoms with Crippen LogP contribution in [0.5, 0.6) is 0 Å². The molecule has 0 aromatic heterocycles. The van der Waals surface area contributed by atoms with Crippen LogP contribution in [0.1, 0.15) is 15.9 Å². The summed E-state index contributed by atoms with van der Waals surface area (Å²) in [6, 6.07) is 14.8. The molecule has 0 atom stereocenters. The van der Waals surface area contributed by atoms with Gasteiger partial charge in [0.15, 0.2) is 0 Å². The molecule has 0 fully saturated rings. The number of anilines is 1. The van der Waals surface area contributed by atoms with Gasteiger partial charge in [0.05, 0.1) is 18.2 Å². The first-order chi connectivity index (χ1) is 10.6. The Balaban J connectivity index is 1.85. The Morgan fingerprint density at radius 1 is 1.05 bits per heavy atom. The van der Waals surface area contributed by atoms with E-state index in [1.54, 1.807) is 48.5 Å². The zero-order valence-electron chi connectivity index (χ0n) is 11.5. The standard InChI is InChI=1S/C16H12ClN3O2/c17-13-5-3-12(4-6-13)16(22)19-10-15(21)20-14-7-1-11(9-18)2-8-14/h1-8H,10H2,(H,19,22)(H,20,21). The van der Waals surface area contributed by atoms with E-state index in [1.165, 1.54) is 0 Å². The second kappa shape index (κ2) is 7.25. The molecule has 2 amide bonds. The summed E-state index contributed by atoms with van der Waals surface area (Å²) in [4.78, 5) is 23.6. The number of nitriles is 1. The highest BCUT2D eigenvalue weighted by molar-refractivity contribution is 6.30. The van der Waals surface area contributed by atoms with Gasteiger partial charge in [-0.3, -0.25) is 9.59 Å². The maximum Gasteiger partial charge on any atom is 0.251 e. The van der Waals surface area contributed by atoms with E-state index >= 15 is 0 Å². The van der Waals surface area contributed by atoms with Crippen molar-refractivity contribution in [1.29, 1.82) is 5.26 Å². The minimum Gasteiger partial charge on any atom is -0.343 e. The molecule has 22 heavy (non-hydrogen) atoms. The molecule has 2 aromatic carbocycles. The van der Waals surface area contributed by atoms with Crippen LogP contribution in [0.25, 0.3) is 0 Å². The van der Waals surface area contributed by atoms with Crippen molar-refractivity contribution in [2.75, 3.05) is 11.9 Å². The Kier molecular flexibility index (Phi) is 5.12. The SMILES string of the molecule is N#Cc1ccc(NC(=O)CNC(=O)c2ccc(Cl)cc2)cc1. The molecule has 2 N–H and O–H groups in total. The molecule has 2 aromatic rings. The smallest absolute Gasteiger partial charge is 0.251 e. The van der Waals surface area contributed by atoms with Crippen molar-refractivity contribution >= 4 is 29.1 Å². The molecule has 0 unspecified atom stereocenters. The van der Waals surface area contributed by atoms with Crippen molar-refractivity contribution in [3.05, 3.63) is 64.7 Å². The van der Waals surface area contributed by atoms with Gasteiger partial charge in [-0.15, -0.1) is 0 Å². The lowest BCUT2D eigenvalue weighted by Gasteiger charge is -2.07. The lowest BCUT2D eigenvalue weighted by atomic mass is 10.2. The van der Waals surface area contributed by atoms with Crippen LogP contribution in [-0.4, -0.2) is 18.4 Å². The molecule has 0 aliphatic carbocycles. The van der Waals surface area contributed by atoms with Gasteiger partial charge in [-0.25, -0.2) is 0 Å². The van der Waals surface area contributed by atoms with Gasteiger partial charge in [0.1, 0.15) is 0 Å². The van der Waals surface area contributed by atoms with Crippen molar-refractivity contribution in [2.45, 2.75) is 0 Å². The number of benzene rings is 2. The topological polar surface area (TPSA) is 82.0 Å². The first-order valence-electron chi connectivity index (χ1n) is 6.42. The van der Waals surface area contributed by atoms with E-state index in [-0.39, 0.29) is 18.4 Å². The number of hydrogen-bond acceptors (Lipinski definition) is 3. The monoisotopic (exact) mass is 313 g/mol. The molecule has 2 rings (SSSR count). The number of nitrogens with zero attached hydrogens (tertiary/aromatic N) is 1. The lowest BCUT2D eigenvalue weighted by molar-refractivity contribution is -0.115. The summed E-state index contributed by atoms with van der Waals surface area (Å²) in [5, 5.41) is 14.4. The molecule has 0 spiro atoms. The van der Waals surface area contributed by atoms with Gasteiger partial charge < -0.3 is 10.6 Å². The fraction of sp³-hybridized carbons (Fsp3) is 0.0625.